The van der Waals surface area contributed by atoms with Crippen LogP contribution in [-0.2, 0) is 11.3 Å². The van der Waals surface area contributed by atoms with Crippen molar-refractivity contribution in [3.63, 3.8) is 0 Å². The van der Waals surface area contributed by atoms with Gasteiger partial charge in [-0.1, -0.05) is 11.8 Å². The third kappa shape index (κ3) is 3.82. The minimum atomic E-state index is 0.166. The molecular weight excluding hydrogens is 312 g/mol. The second-order valence-electron chi connectivity index (χ2n) is 5.22. The molecule has 122 valence electrons. The zero-order chi connectivity index (χ0) is 16.1. The second-order valence-corrected chi connectivity index (χ2v) is 6.16. The Kier molecular flexibility index (Phi) is 5.12. The normalized spacial score (nSPS) is 15.0. The van der Waals surface area contributed by atoms with Crippen LogP contribution in [0.2, 0.25) is 0 Å². The fourth-order valence-corrected chi connectivity index (χ4v) is 3.46. The van der Waals surface area contributed by atoms with Crippen LogP contribution in [0, 0.1) is 0 Å². The Bertz CT molecular complexity index is 638. The van der Waals surface area contributed by atoms with E-state index >= 15 is 0 Å². The fourth-order valence-electron chi connectivity index (χ4n) is 2.53. The summed E-state index contributed by atoms with van der Waals surface area (Å²) in [5.41, 5.74) is 0. The van der Waals surface area contributed by atoms with Gasteiger partial charge in [0.25, 0.3) is 0 Å². The number of rotatable bonds is 5. The summed E-state index contributed by atoms with van der Waals surface area (Å²) in [6.07, 6.45) is 8.83. The van der Waals surface area contributed by atoms with Crippen LogP contribution < -0.4 is 4.90 Å². The van der Waals surface area contributed by atoms with Crippen LogP contribution in [0.5, 0.6) is 0 Å². The van der Waals surface area contributed by atoms with Gasteiger partial charge in [0, 0.05) is 57.5 Å². The van der Waals surface area contributed by atoms with Crippen molar-refractivity contribution in [2.45, 2.75) is 18.6 Å². The molecule has 0 aliphatic carbocycles. The van der Waals surface area contributed by atoms with E-state index in [2.05, 4.69) is 26.8 Å². The van der Waals surface area contributed by atoms with Gasteiger partial charge in [0.1, 0.15) is 5.82 Å². The van der Waals surface area contributed by atoms with Crippen LogP contribution in [0.25, 0.3) is 0 Å². The maximum Gasteiger partial charge on any atom is 0.233 e. The lowest BCUT2D eigenvalue weighted by Crippen LogP contribution is -2.49. The van der Waals surface area contributed by atoms with Gasteiger partial charge in [0.15, 0.2) is 5.16 Å². The lowest BCUT2D eigenvalue weighted by atomic mass is 10.3. The van der Waals surface area contributed by atoms with Crippen molar-refractivity contribution in [1.29, 1.82) is 0 Å². The molecule has 1 fully saturated rings. The first-order valence-electron chi connectivity index (χ1n) is 7.70. The molecule has 0 spiro atoms. The monoisotopic (exact) mass is 332 g/mol. The molecule has 3 heterocycles. The molecule has 0 saturated carbocycles. The Morgan fingerprint density at radius 1 is 1.17 bits per heavy atom. The van der Waals surface area contributed by atoms with Gasteiger partial charge >= 0.3 is 0 Å². The van der Waals surface area contributed by atoms with Crippen molar-refractivity contribution in [2.75, 3.05) is 36.8 Å². The van der Waals surface area contributed by atoms with E-state index in [1.54, 1.807) is 24.8 Å². The molecule has 0 aromatic carbocycles. The second kappa shape index (κ2) is 7.45. The number of nitrogens with zero attached hydrogens (tertiary/aromatic N) is 6. The van der Waals surface area contributed by atoms with E-state index < -0.39 is 0 Å². The van der Waals surface area contributed by atoms with Crippen molar-refractivity contribution in [2.24, 2.45) is 0 Å². The highest BCUT2D eigenvalue weighted by Gasteiger charge is 2.22. The summed E-state index contributed by atoms with van der Waals surface area (Å²) in [5, 5.41) is 0.902. The van der Waals surface area contributed by atoms with Gasteiger partial charge < -0.3 is 14.4 Å². The number of piperazine rings is 1. The van der Waals surface area contributed by atoms with Crippen molar-refractivity contribution in [3.05, 3.63) is 31.0 Å². The third-order valence-corrected chi connectivity index (χ3v) is 4.84. The zero-order valence-corrected chi connectivity index (χ0v) is 13.9. The van der Waals surface area contributed by atoms with E-state index in [1.165, 1.54) is 11.8 Å². The average Bonchev–Trinajstić information content (AvgIpc) is 3.08. The van der Waals surface area contributed by atoms with Crippen LogP contribution in [0.15, 0.2) is 36.1 Å². The molecule has 3 rings (SSSR count). The van der Waals surface area contributed by atoms with Gasteiger partial charge in [0.05, 0.1) is 11.9 Å². The summed E-state index contributed by atoms with van der Waals surface area (Å²) in [5.74, 6) is 1.47. The van der Waals surface area contributed by atoms with Crippen molar-refractivity contribution in [3.8, 4) is 0 Å². The Morgan fingerprint density at radius 2 is 2.00 bits per heavy atom. The average molecular weight is 332 g/mol. The van der Waals surface area contributed by atoms with Crippen LogP contribution in [0.1, 0.15) is 6.92 Å². The molecule has 8 heteroatoms. The first-order chi connectivity index (χ1) is 11.3. The molecule has 1 saturated heterocycles. The van der Waals surface area contributed by atoms with Crippen molar-refractivity contribution in [1.82, 2.24) is 24.4 Å². The largest absolute Gasteiger partial charge is 0.352 e. The molecule has 1 aliphatic rings. The fraction of sp³-hybridized carbons (Fsp3) is 0.467. The summed E-state index contributed by atoms with van der Waals surface area (Å²) in [6, 6.07) is 0. The minimum Gasteiger partial charge on any atom is -0.352 e. The van der Waals surface area contributed by atoms with Gasteiger partial charge in [-0.3, -0.25) is 9.78 Å². The highest BCUT2D eigenvalue weighted by Crippen LogP contribution is 2.17. The Balaban J connectivity index is 1.48. The Morgan fingerprint density at radius 3 is 2.70 bits per heavy atom. The molecule has 0 bridgehead atoms. The summed E-state index contributed by atoms with van der Waals surface area (Å²) in [4.78, 5) is 29.1. The van der Waals surface area contributed by atoms with Crippen molar-refractivity contribution < 1.29 is 4.79 Å². The molecule has 2 aromatic heterocycles. The predicted octanol–water partition coefficient (Wildman–Crippen LogP) is 1.13. The maximum atomic E-state index is 12.4. The molecule has 0 radical (unpaired) electrons. The topological polar surface area (TPSA) is 67.2 Å². The molecule has 7 nitrogen and oxygen atoms in total. The van der Waals surface area contributed by atoms with E-state index in [-0.39, 0.29) is 5.91 Å². The predicted molar refractivity (Wildman–Crippen MR) is 89.5 cm³/mol. The molecule has 1 aliphatic heterocycles. The number of anilines is 1. The lowest BCUT2D eigenvalue weighted by molar-refractivity contribution is -0.128. The van der Waals surface area contributed by atoms with Crippen LogP contribution >= 0.6 is 11.8 Å². The maximum absolute atomic E-state index is 12.4. The first-order valence-corrected chi connectivity index (χ1v) is 8.69. The molecule has 0 atom stereocenters. The summed E-state index contributed by atoms with van der Waals surface area (Å²) < 4.78 is 2.05. The Hall–Kier alpha value is -2.09. The van der Waals surface area contributed by atoms with Crippen LogP contribution in [0.4, 0.5) is 5.82 Å². The molecule has 1 amide bonds. The highest BCUT2D eigenvalue weighted by atomic mass is 32.2. The molecule has 0 N–H and O–H groups in total. The number of aromatic nitrogens is 4. The number of amides is 1. The van der Waals surface area contributed by atoms with Gasteiger partial charge in [-0.15, -0.1) is 0 Å². The number of carbonyl (C=O) groups is 1. The molecular formula is C15H20N6OS. The van der Waals surface area contributed by atoms with E-state index in [9.17, 15) is 4.79 Å². The summed E-state index contributed by atoms with van der Waals surface area (Å²) >= 11 is 1.50. The van der Waals surface area contributed by atoms with Crippen molar-refractivity contribution >= 4 is 23.5 Å². The number of imidazole rings is 1. The standard InChI is InChI=1S/C15H20N6OS/c1-2-19-6-5-18-15(19)23-12-14(22)21-9-7-20(8-10-21)13-11-16-3-4-17-13/h3-6,11H,2,7-10,12H2,1H3. The highest BCUT2D eigenvalue weighted by molar-refractivity contribution is 7.99. The summed E-state index contributed by atoms with van der Waals surface area (Å²) in [7, 11) is 0. The number of carbonyl (C=O) groups excluding carboxylic acids is 1. The Labute approximate surface area is 139 Å². The number of hydrogen-bond donors (Lipinski definition) is 0. The van der Waals surface area contributed by atoms with Gasteiger partial charge in [0.2, 0.25) is 5.91 Å². The van der Waals surface area contributed by atoms with Gasteiger partial charge in [-0.05, 0) is 6.92 Å². The smallest absolute Gasteiger partial charge is 0.233 e. The third-order valence-electron chi connectivity index (χ3n) is 3.85. The lowest BCUT2D eigenvalue weighted by Gasteiger charge is -2.35. The molecule has 23 heavy (non-hydrogen) atoms. The molecule has 2 aromatic rings. The number of hydrogen-bond acceptors (Lipinski definition) is 6. The number of thioether (sulfide) groups is 1. The van der Waals surface area contributed by atoms with E-state index in [1.807, 2.05) is 15.7 Å². The van der Waals surface area contributed by atoms with Crippen LogP contribution in [-0.4, -0.2) is 62.3 Å². The van der Waals surface area contributed by atoms with E-state index in [4.69, 9.17) is 0 Å². The van der Waals surface area contributed by atoms with E-state index in [0.29, 0.717) is 5.75 Å². The SMILES string of the molecule is CCn1ccnc1SCC(=O)N1CCN(c2cnccn2)CC1. The molecule has 0 unspecified atom stereocenters. The van der Waals surface area contributed by atoms with Gasteiger partial charge in [-0.2, -0.15) is 0 Å². The van der Waals surface area contributed by atoms with Crippen LogP contribution in [0.3, 0.4) is 0 Å². The van der Waals surface area contributed by atoms with Gasteiger partial charge in [-0.25, -0.2) is 9.97 Å². The van der Waals surface area contributed by atoms with E-state index in [0.717, 1.165) is 43.7 Å². The number of aryl methyl sites for hydroxylation is 1. The zero-order valence-electron chi connectivity index (χ0n) is 13.1. The minimum absolute atomic E-state index is 0.166. The summed E-state index contributed by atoms with van der Waals surface area (Å²) in [6.45, 7) is 5.96. The quantitative estimate of drug-likeness (QED) is 0.765. The first kappa shape index (κ1) is 15.8.